The molecule has 0 bridgehead atoms. The van der Waals surface area contributed by atoms with E-state index in [2.05, 4.69) is 10.6 Å². The van der Waals surface area contributed by atoms with E-state index in [1.807, 2.05) is 25.1 Å². The zero-order valence-corrected chi connectivity index (χ0v) is 16.5. The molecule has 2 aromatic carbocycles. The van der Waals surface area contributed by atoms with Gasteiger partial charge in [-0.25, -0.2) is 0 Å². The van der Waals surface area contributed by atoms with Gasteiger partial charge in [0.25, 0.3) is 0 Å². The van der Waals surface area contributed by atoms with Crippen molar-refractivity contribution in [1.29, 1.82) is 0 Å². The van der Waals surface area contributed by atoms with Gasteiger partial charge in [0.1, 0.15) is 0 Å². The van der Waals surface area contributed by atoms with E-state index < -0.39 is 0 Å². The van der Waals surface area contributed by atoms with Gasteiger partial charge in [-0.05, 0) is 43.8 Å². The van der Waals surface area contributed by atoms with Crippen LogP contribution in [0, 0.1) is 0 Å². The van der Waals surface area contributed by atoms with Crippen molar-refractivity contribution in [2.24, 2.45) is 0 Å². The summed E-state index contributed by atoms with van der Waals surface area (Å²) in [4.78, 5) is 26.1. The number of carbonyl (C=O) groups excluding carboxylic acids is 2. The number of carbonyl (C=O) groups is 2. The summed E-state index contributed by atoms with van der Waals surface area (Å²) >= 11 is 6.03. The van der Waals surface area contributed by atoms with E-state index in [1.165, 1.54) is 0 Å². The highest BCUT2D eigenvalue weighted by molar-refractivity contribution is 6.33. The SMILES string of the molecule is C[C@@H](NC(=O)CN(C)CC(=O)Nc1ccccc1Cl)c1ccc2c(c1)OCO2. The Morgan fingerprint density at radius 2 is 1.82 bits per heavy atom. The number of likely N-dealkylation sites (N-methyl/N-ethyl adjacent to an activating group) is 1. The van der Waals surface area contributed by atoms with Crippen LogP contribution in [0.5, 0.6) is 11.5 Å². The van der Waals surface area contributed by atoms with E-state index in [0.29, 0.717) is 22.2 Å². The van der Waals surface area contributed by atoms with Crippen molar-refractivity contribution in [3.8, 4) is 11.5 Å². The first-order valence-electron chi connectivity index (χ1n) is 8.84. The molecule has 0 unspecified atom stereocenters. The molecule has 0 saturated carbocycles. The summed E-state index contributed by atoms with van der Waals surface area (Å²) in [5.41, 5.74) is 1.46. The van der Waals surface area contributed by atoms with Gasteiger partial charge in [-0.15, -0.1) is 0 Å². The molecule has 0 spiro atoms. The molecule has 2 N–H and O–H groups in total. The van der Waals surface area contributed by atoms with Crippen LogP contribution >= 0.6 is 11.6 Å². The lowest BCUT2D eigenvalue weighted by Gasteiger charge is -2.19. The summed E-state index contributed by atoms with van der Waals surface area (Å²) in [6.07, 6.45) is 0. The van der Waals surface area contributed by atoms with Crippen molar-refractivity contribution in [3.05, 3.63) is 53.1 Å². The summed E-state index contributed by atoms with van der Waals surface area (Å²) in [7, 11) is 1.71. The highest BCUT2D eigenvalue weighted by atomic mass is 35.5. The van der Waals surface area contributed by atoms with Gasteiger partial charge in [0.2, 0.25) is 18.6 Å². The minimum Gasteiger partial charge on any atom is -0.454 e. The molecule has 28 heavy (non-hydrogen) atoms. The topological polar surface area (TPSA) is 79.9 Å². The normalized spacial score (nSPS) is 13.3. The van der Waals surface area contributed by atoms with E-state index in [0.717, 1.165) is 5.56 Å². The maximum absolute atomic E-state index is 12.3. The average Bonchev–Trinajstić information content (AvgIpc) is 3.11. The summed E-state index contributed by atoms with van der Waals surface area (Å²) in [6.45, 7) is 2.25. The van der Waals surface area contributed by atoms with Crippen LogP contribution in [0.3, 0.4) is 0 Å². The number of ether oxygens (including phenoxy) is 2. The molecule has 1 aliphatic rings. The second kappa shape index (κ2) is 8.95. The van der Waals surface area contributed by atoms with Crippen molar-refractivity contribution in [3.63, 3.8) is 0 Å². The van der Waals surface area contributed by atoms with Crippen molar-refractivity contribution < 1.29 is 19.1 Å². The zero-order chi connectivity index (χ0) is 20.1. The number of fused-ring (bicyclic) bond motifs is 1. The summed E-state index contributed by atoms with van der Waals surface area (Å²) < 4.78 is 10.7. The molecular formula is C20H22ClN3O4. The molecule has 0 aromatic heterocycles. The van der Waals surface area contributed by atoms with Crippen LogP contribution in [-0.4, -0.2) is 43.6 Å². The summed E-state index contributed by atoms with van der Waals surface area (Å²) in [5, 5.41) is 6.12. The van der Waals surface area contributed by atoms with Gasteiger partial charge in [-0.1, -0.05) is 29.8 Å². The van der Waals surface area contributed by atoms with Crippen LogP contribution in [0.25, 0.3) is 0 Å². The molecule has 8 heteroatoms. The van der Waals surface area contributed by atoms with Crippen molar-refractivity contribution in [2.75, 3.05) is 32.2 Å². The van der Waals surface area contributed by atoms with Gasteiger partial charge in [-0.2, -0.15) is 0 Å². The van der Waals surface area contributed by atoms with Gasteiger partial charge >= 0.3 is 0 Å². The standard InChI is InChI=1S/C20H22ClN3O4/c1-13(14-7-8-17-18(9-14)28-12-27-17)22-19(25)10-24(2)11-20(26)23-16-6-4-3-5-15(16)21/h3-9,13H,10-12H2,1-2H3,(H,22,25)(H,23,26)/t13-/m1/s1. The molecule has 1 heterocycles. The fourth-order valence-corrected chi connectivity index (χ4v) is 3.03. The fourth-order valence-electron chi connectivity index (χ4n) is 2.85. The van der Waals surface area contributed by atoms with E-state index in [9.17, 15) is 9.59 Å². The number of anilines is 1. The third kappa shape index (κ3) is 5.15. The Labute approximate surface area is 168 Å². The number of amides is 2. The summed E-state index contributed by atoms with van der Waals surface area (Å²) in [6, 6.07) is 12.4. The average molecular weight is 404 g/mol. The highest BCUT2D eigenvalue weighted by Crippen LogP contribution is 2.34. The Kier molecular flexibility index (Phi) is 6.38. The van der Waals surface area contributed by atoms with Gasteiger partial charge in [0.15, 0.2) is 11.5 Å². The van der Waals surface area contributed by atoms with Crippen molar-refractivity contribution >= 4 is 29.1 Å². The number of benzene rings is 2. The molecule has 0 aliphatic carbocycles. The number of nitrogens with one attached hydrogen (secondary N) is 2. The zero-order valence-electron chi connectivity index (χ0n) is 15.7. The fraction of sp³-hybridized carbons (Fsp3) is 0.300. The Morgan fingerprint density at radius 1 is 1.11 bits per heavy atom. The van der Waals surface area contributed by atoms with E-state index >= 15 is 0 Å². The van der Waals surface area contributed by atoms with Crippen LogP contribution < -0.4 is 20.1 Å². The molecule has 0 fully saturated rings. The molecule has 3 rings (SSSR count). The van der Waals surface area contributed by atoms with Crippen LogP contribution in [0.4, 0.5) is 5.69 Å². The van der Waals surface area contributed by atoms with E-state index in [-0.39, 0.29) is 37.7 Å². The van der Waals surface area contributed by atoms with Crippen LogP contribution in [-0.2, 0) is 9.59 Å². The second-order valence-corrected chi connectivity index (χ2v) is 7.01. The lowest BCUT2D eigenvalue weighted by Crippen LogP contribution is -2.39. The van der Waals surface area contributed by atoms with Gasteiger partial charge in [-0.3, -0.25) is 14.5 Å². The second-order valence-electron chi connectivity index (χ2n) is 6.60. The monoisotopic (exact) mass is 403 g/mol. The highest BCUT2D eigenvalue weighted by Gasteiger charge is 2.18. The lowest BCUT2D eigenvalue weighted by atomic mass is 10.1. The van der Waals surface area contributed by atoms with E-state index in [4.69, 9.17) is 21.1 Å². The molecule has 0 saturated heterocycles. The Bertz CT molecular complexity index is 874. The Balaban J connectivity index is 1.47. The molecule has 1 aliphatic heterocycles. The number of halogens is 1. The van der Waals surface area contributed by atoms with Crippen molar-refractivity contribution in [1.82, 2.24) is 10.2 Å². The van der Waals surface area contributed by atoms with Crippen molar-refractivity contribution in [2.45, 2.75) is 13.0 Å². The predicted octanol–water partition coefficient (Wildman–Crippen LogP) is 2.82. The minimum atomic E-state index is -0.243. The smallest absolute Gasteiger partial charge is 0.238 e. The Morgan fingerprint density at radius 3 is 2.61 bits per heavy atom. The predicted molar refractivity (Wildman–Crippen MR) is 107 cm³/mol. The number of hydrogen-bond acceptors (Lipinski definition) is 5. The van der Waals surface area contributed by atoms with E-state index in [1.54, 1.807) is 36.2 Å². The number of nitrogens with zero attached hydrogens (tertiary/aromatic N) is 1. The molecule has 7 nitrogen and oxygen atoms in total. The maximum Gasteiger partial charge on any atom is 0.238 e. The molecular weight excluding hydrogens is 382 g/mol. The number of para-hydroxylation sites is 1. The first-order chi connectivity index (χ1) is 13.4. The summed E-state index contributed by atoms with van der Waals surface area (Å²) in [5.74, 6) is 0.948. The Hall–Kier alpha value is -2.77. The van der Waals surface area contributed by atoms with Crippen LogP contribution in [0.2, 0.25) is 5.02 Å². The maximum atomic E-state index is 12.3. The molecule has 2 amide bonds. The molecule has 0 radical (unpaired) electrons. The van der Waals surface area contributed by atoms with Gasteiger partial charge in [0, 0.05) is 0 Å². The molecule has 2 aromatic rings. The minimum absolute atomic E-state index is 0.0665. The quantitative estimate of drug-likeness (QED) is 0.743. The number of rotatable bonds is 7. The largest absolute Gasteiger partial charge is 0.454 e. The lowest BCUT2D eigenvalue weighted by molar-refractivity contribution is -0.123. The first kappa shape index (κ1) is 20.0. The van der Waals surface area contributed by atoms with Crippen LogP contribution in [0.15, 0.2) is 42.5 Å². The third-order valence-electron chi connectivity index (χ3n) is 4.25. The molecule has 148 valence electrons. The first-order valence-corrected chi connectivity index (χ1v) is 9.22. The third-order valence-corrected chi connectivity index (χ3v) is 4.58. The van der Waals surface area contributed by atoms with Crippen LogP contribution in [0.1, 0.15) is 18.5 Å². The van der Waals surface area contributed by atoms with Gasteiger partial charge in [0.05, 0.1) is 29.8 Å². The van der Waals surface area contributed by atoms with Gasteiger partial charge < -0.3 is 20.1 Å². The number of hydrogen-bond donors (Lipinski definition) is 2. The molecule has 1 atom stereocenters.